The number of pyridine rings is 1. The Morgan fingerprint density at radius 2 is 1.78 bits per heavy atom. The molecule has 0 radical (unpaired) electrons. The smallest absolute Gasteiger partial charge is 0.338 e. The van der Waals surface area contributed by atoms with Gasteiger partial charge in [0.15, 0.2) is 0 Å². The number of aromatic nitrogens is 2. The molecule has 0 saturated heterocycles. The Morgan fingerprint density at radius 1 is 1.03 bits per heavy atom. The van der Waals surface area contributed by atoms with Crippen LogP contribution in [0.2, 0.25) is 5.02 Å². The first-order chi connectivity index (χ1) is 17.8. The summed E-state index contributed by atoms with van der Waals surface area (Å²) in [6.07, 6.45) is 1.68. The highest BCUT2D eigenvalue weighted by Gasteiger charge is 2.29. The normalized spacial score (nSPS) is 11.6. The van der Waals surface area contributed by atoms with Crippen molar-refractivity contribution in [2.24, 2.45) is 0 Å². The van der Waals surface area contributed by atoms with E-state index in [0.717, 1.165) is 27.2 Å². The highest BCUT2D eigenvalue weighted by molar-refractivity contribution is 7.92. The molecule has 5 rings (SSSR count). The zero-order chi connectivity index (χ0) is 26.2. The second kappa shape index (κ2) is 9.88. The summed E-state index contributed by atoms with van der Waals surface area (Å²) in [6.45, 7) is 3.82. The molecule has 0 spiro atoms. The van der Waals surface area contributed by atoms with E-state index in [9.17, 15) is 13.2 Å². The fourth-order valence-electron chi connectivity index (χ4n) is 4.33. The number of nitrogens with zero attached hydrogens (tertiary/aromatic N) is 2. The summed E-state index contributed by atoms with van der Waals surface area (Å²) < 4.78 is 34.4. The van der Waals surface area contributed by atoms with E-state index in [2.05, 4.69) is 9.97 Å². The number of halogens is 1. The number of esters is 1. The molecule has 5 aromatic rings. The zero-order valence-electron chi connectivity index (χ0n) is 20.2. The van der Waals surface area contributed by atoms with Gasteiger partial charge in [-0.2, -0.15) is 0 Å². The van der Waals surface area contributed by atoms with E-state index in [0.29, 0.717) is 16.5 Å². The number of rotatable bonds is 7. The molecule has 2 heterocycles. The molecule has 0 saturated carbocycles. The highest BCUT2D eigenvalue weighted by atomic mass is 35.5. The molecule has 0 atom stereocenters. The number of ether oxygens (including phenoxy) is 1. The quantitative estimate of drug-likeness (QED) is 0.250. The van der Waals surface area contributed by atoms with Crippen LogP contribution >= 0.6 is 11.6 Å². The Hall–Kier alpha value is -3.88. The van der Waals surface area contributed by atoms with Crippen LogP contribution in [0.1, 0.15) is 28.5 Å². The van der Waals surface area contributed by atoms with Crippen LogP contribution in [0.3, 0.4) is 0 Å². The minimum Gasteiger partial charge on any atom is -0.462 e. The summed E-state index contributed by atoms with van der Waals surface area (Å²) in [6, 6.07) is 20.8. The SMILES string of the molecule is CCOC(=O)c1ccc(S(=O)(=O)N(Cc2cc3cc(Cl)ccc3[nH]2)c2ncc3ccccc3c2C)cc1. The lowest BCUT2D eigenvalue weighted by atomic mass is 10.1. The molecule has 7 nitrogen and oxygen atoms in total. The molecule has 0 fully saturated rings. The fourth-order valence-corrected chi connectivity index (χ4v) is 5.97. The number of carbonyl (C=O) groups excluding carboxylic acids is 1. The molecule has 0 aliphatic heterocycles. The van der Waals surface area contributed by atoms with Crippen LogP contribution in [-0.2, 0) is 21.3 Å². The van der Waals surface area contributed by atoms with Gasteiger partial charge in [0.2, 0.25) is 0 Å². The third-order valence-corrected chi connectivity index (χ3v) is 8.15. The Bertz CT molecular complexity index is 1730. The number of hydrogen-bond acceptors (Lipinski definition) is 5. The molecule has 0 bridgehead atoms. The van der Waals surface area contributed by atoms with Gasteiger partial charge < -0.3 is 9.72 Å². The first-order valence-corrected chi connectivity index (χ1v) is 13.5. The number of H-pyrrole nitrogens is 1. The van der Waals surface area contributed by atoms with Crippen molar-refractivity contribution in [3.8, 4) is 0 Å². The van der Waals surface area contributed by atoms with E-state index < -0.39 is 16.0 Å². The van der Waals surface area contributed by atoms with Gasteiger partial charge in [0.1, 0.15) is 5.82 Å². The molecule has 0 aliphatic carbocycles. The summed E-state index contributed by atoms with van der Waals surface area (Å²) >= 11 is 6.15. The monoisotopic (exact) mass is 533 g/mol. The molecule has 0 unspecified atom stereocenters. The van der Waals surface area contributed by atoms with Crippen LogP contribution in [0, 0.1) is 6.92 Å². The molecule has 37 heavy (non-hydrogen) atoms. The van der Waals surface area contributed by atoms with Crippen molar-refractivity contribution in [2.45, 2.75) is 25.3 Å². The van der Waals surface area contributed by atoms with Crippen LogP contribution in [0.4, 0.5) is 5.82 Å². The van der Waals surface area contributed by atoms with E-state index in [1.807, 2.05) is 49.4 Å². The minimum atomic E-state index is -4.07. The molecule has 9 heteroatoms. The molecule has 188 valence electrons. The van der Waals surface area contributed by atoms with Gasteiger partial charge in [0.25, 0.3) is 10.0 Å². The van der Waals surface area contributed by atoms with Gasteiger partial charge >= 0.3 is 5.97 Å². The average Bonchev–Trinajstić information content (AvgIpc) is 3.30. The van der Waals surface area contributed by atoms with E-state index in [4.69, 9.17) is 16.3 Å². The van der Waals surface area contributed by atoms with Gasteiger partial charge in [0.05, 0.1) is 23.6 Å². The lowest BCUT2D eigenvalue weighted by Gasteiger charge is -2.25. The van der Waals surface area contributed by atoms with Gasteiger partial charge in [-0.25, -0.2) is 22.5 Å². The number of sulfonamides is 1. The third kappa shape index (κ3) is 4.77. The van der Waals surface area contributed by atoms with Crippen molar-refractivity contribution in [3.05, 3.63) is 101 Å². The number of benzene rings is 3. The molecular formula is C28H24ClN3O4S. The van der Waals surface area contributed by atoms with Crippen molar-refractivity contribution < 1.29 is 17.9 Å². The van der Waals surface area contributed by atoms with Gasteiger partial charge in [0, 0.05) is 38.8 Å². The number of aryl methyl sites for hydroxylation is 1. The summed E-state index contributed by atoms with van der Waals surface area (Å²) in [4.78, 5) is 20.0. The van der Waals surface area contributed by atoms with Crippen molar-refractivity contribution in [2.75, 3.05) is 10.9 Å². The third-order valence-electron chi connectivity index (χ3n) is 6.17. The predicted molar refractivity (Wildman–Crippen MR) is 146 cm³/mol. The number of fused-ring (bicyclic) bond motifs is 2. The van der Waals surface area contributed by atoms with Crippen molar-refractivity contribution >= 4 is 55.1 Å². The number of aromatic amines is 1. The van der Waals surface area contributed by atoms with Crippen LogP contribution in [0.25, 0.3) is 21.7 Å². The minimum absolute atomic E-state index is 0.0143. The van der Waals surface area contributed by atoms with E-state index in [-0.39, 0.29) is 23.6 Å². The maximum atomic E-state index is 14.0. The molecule has 0 aliphatic rings. The Morgan fingerprint density at radius 3 is 2.54 bits per heavy atom. The van der Waals surface area contributed by atoms with Gasteiger partial charge in [-0.3, -0.25) is 0 Å². The van der Waals surface area contributed by atoms with Crippen molar-refractivity contribution in [1.29, 1.82) is 0 Å². The largest absolute Gasteiger partial charge is 0.462 e. The molecular weight excluding hydrogens is 510 g/mol. The Labute approximate surface area is 219 Å². The molecule has 0 amide bonds. The lowest BCUT2D eigenvalue weighted by Crippen LogP contribution is -2.32. The molecule has 1 N–H and O–H groups in total. The second-order valence-corrected chi connectivity index (χ2v) is 10.9. The van der Waals surface area contributed by atoms with Gasteiger partial charge in [-0.05, 0) is 67.8 Å². The number of carbonyl (C=O) groups is 1. The van der Waals surface area contributed by atoms with Gasteiger partial charge in [-0.1, -0.05) is 35.9 Å². The lowest BCUT2D eigenvalue weighted by molar-refractivity contribution is 0.0526. The van der Waals surface area contributed by atoms with Crippen LogP contribution in [0.15, 0.2) is 83.9 Å². The Balaban J connectivity index is 1.62. The summed E-state index contributed by atoms with van der Waals surface area (Å²) in [7, 11) is -4.07. The van der Waals surface area contributed by atoms with E-state index in [1.165, 1.54) is 28.6 Å². The van der Waals surface area contributed by atoms with Crippen LogP contribution in [-0.4, -0.2) is 31.0 Å². The summed E-state index contributed by atoms with van der Waals surface area (Å²) in [5.74, 6) is -0.183. The number of nitrogens with one attached hydrogen (secondary N) is 1. The van der Waals surface area contributed by atoms with E-state index >= 15 is 0 Å². The highest BCUT2D eigenvalue weighted by Crippen LogP contribution is 2.32. The van der Waals surface area contributed by atoms with Gasteiger partial charge in [-0.15, -0.1) is 0 Å². The summed E-state index contributed by atoms with van der Waals surface area (Å²) in [5.41, 5.74) is 2.54. The van der Waals surface area contributed by atoms with E-state index in [1.54, 1.807) is 19.2 Å². The standard InChI is InChI=1S/C28H24ClN3O4S/c1-3-36-28(33)19-8-11-24(12-9-19)37(34,35)32(17-23-15-21-14-22(29)10-13-26(21)31-23)27-18(2)25-7-5-4-6-20(25)16-30-27/h4-16,31H,3,17H2,1-2H3. The topological polar surface area (TPSA) is 92.4 Å². The van der Waals surface area contributed by atoms with Crippen molar-refractivity contribution in [3.63, 3.8) is 0 Å². The van der Waals surface area contributed by atoms with Crippen LogP contribution in [0.5, 0.6) is 0 Å². The fraction of sp³-hybridized carbons (Fsp3) is 0.143. The first kappa shape index (κ1) is 24.8. The van der Waals surface area contributed by atoms with Crippen molar-refractivity contribution in [1.82, 2.24) is 9.97 Å². The summed E-state index contributed by atoms with van der Waals surface area (Å²) in [5, 5.41) is 3.30. The number of hydrogen-bond donors (Lipinski definition) is 1. The average molecular weight is 534 g/mol. The predicted octanol–water partition coefficient (Wildman–Crippen LogP) is 6.25. The first-order valence-electron chi connectivity index (χ1n) is 11.7. The molecule has 2 aromatic heterocycles. The maximum Gasteiger partial charge on any atom is 0.338 e. The maximum absolute atomic E-state index is 14.0. The molecule has 3 aromatic carbocycles. The second-order valence-electron chi connectivity index (χ2n) is 8.58. The zero-order valence-corrected chi connectivity index (χ0v) is 21.8. The Kier molecular flexibility index (Phi) is 6.62. The van der Waals surface area contributed by atoms with Crippen LogP contribution < -0.4 is 4.31 Å². The number of anilines is 1.